The van der Waals surface area contributed by atoms with E-state index in [1.165, 1.54) is 11.3 Å². The molecule has 1 N–H and O–H groups in total. The van der Waals surface area contributed by atoms with Gasteiger partial charge in [-0.2, -0.15) is 0 Å². The molecule has 0 bridgehead atoms. The zero-order valence-electron chi connectivity index (χ0n) is 12.8. The molecule has 7 nitrogen and oxygen atoms in total. The number of nitrogens with one attached hydrogen (secondary N) is 1. The van der Waals surface area contributed by atoms with Crippen molar-refractivity contribution in [3.8, 4) is 5.69 Å². The van der Waals surface area contributed by atoms with Gasteiger partial charge in [0.15, 0.2) is 0 Å². The number of hydrogen-bond acceptors (Lipinski definition) is 6. The predicted molar refractivity (Wildman–Crippen MR) is 89.4 cm³/mol. The van der Waals surface area contributed by atoms with Crippen LogP contribution in [0.4, 0.5) is 5.95 Å². The number of anilines is 1. The third kappa shape index (κ3) is 2.93. The van der Waals surface area contributed by atoms with Crippen LogP contribution in [0.2, 0.25) is 0 Å². The number of amides is 1. The van der Waals surface area contributed by atoms with E-state index in [2.05, 4.69) is 20.5 Å². The number of thiazole rings is 1. The van der Waals surface area contributed by atoms with E-state index in [-0.39, 0.29) is 12.0 Å². The van der Waals surface area contributed by atoms with E-state index in [1.807, 2.05) is 30.3 Å². The molecule has 3 aromatic rings. The van der Waals surface area contributed by atoms with E-state index >= 15 is 0 Å². The van der Waals surface area contributed by atoms with E-state index in [9.17, 15) is 4.79 Å². The Morgan fingerprint density at radius 2 is 2.21 bits per heavy atom. The first-order valence-corrected chi connectivity index (χ1v) is 8.53. The topological polar surface area (TPSA) is 81.9 Å². The molecule has 0 radical (unpaired) electrons. The number of benzene rings is 1. The van der Waals surface area contributed by atoms with Crippen molar-refractivity contribution in [2.24, 2.45) is 0 Å². The molecule has 3 heterocycles. The third-order valence-corrected chi connectivity index (χ3v) is 4.70. The van der Waals surface area contributed by atoms with Crippen LogP contribution in [0.25, 0.3) is 5.69 Å². The van der Waals surface area contributed by atoms with Crippen molar-refractivity contribution >= 4 is 23.2 Å². The molecule has 24 heavy (non-hydrogen) atoms. The van der Waals surface area contributed by atoms with Gasteiger partial charge in [0.2, 0.25) is 5.95 Å². The van der Waals surface area contributed by atoms with Crippen LogP contribution in [-0.4, -0.2) is 32.3 Å². The molecular formula is C16H15N5O2S. The molecule has 0 aliphatic carbocycles. The van der Waals surface area contributed by atoms with Gasteiger partial charge in [0.05, 0.1) is 5.69 Å². The summed E-state index contributed by atoms with van der Waals surface area (Å²) in [6.07, 6.45) is 3.57. The van der Waals surface area contributed by atoms with Gasteiger partial charge >= 0.3 is 0 Å². The van der Waals surface area contributed by atoms with Gasteiger partial charge in [-0.3, -0.25) is 14.7 Å². The minimum atomic E-state index is -0.305. The smallest absolute Gasteiger partial charge is 0.277 e. The number of ether oxygens (including phenoxy) is 1. The number of aromatic nitrogens is 4. The van der Waals surface area contributed by atoms with Crippen molar-refractivity contribution in [1.82, 2.24) is 19.7 Å². The standard InChI is InChI=1S/C16H15N5O2S/c22-14(12-9-24-15(18-12)13-7-4-8-23-13)19-16-20-17-10-21(16)11-5-2-1-3-6-11/h1-3,5-6,9-10,13H,4,7-8H2,(H,19,20,22). The fraction of sp³-hybridized carbons (Fsp3) is 0.250. The molecule has 1 fully saturated rings. The summed E-state index contributed by atoms with van der Waals surface area (Å²) in [5.41, 5.74) is 1.24. The molecule has 1 amide bonds. The van der Waals surface area contributed by atoms with Gasteiger partial charge in [-0.15, -0.1) is 21.5 Å². The van der Waals surface area contributed by atoms with Gasteiger partial charge in [-0.25, -0.2) is 4.98 Å². The summed E-state index contributed by atoms with van der Waals surface area (Å²) in [6, 6.07) is 9.58. The Morgan fingerprint density at radius 3 is 3.00 bits per heavy atom. The lowest BCUT2D eigenvalue weighted by atomic mass is 10.2. The second-order valence-electron chi connectivity index (χ2n) is 5.39. The molecule has 0 saturated carbocycles. The van der Waals surface area contributed by atoms with Gasteiger partial charge in [-0.05, 0) is 25.0 Å². The van der Waals surface area contributed by atoms with Crippen LogP contribution in [0.1, 0.15) is 34.4 Å². The minimum absolute atomic E-state index is 0.0181. The van der Waals surface area contributed by atoms with E-state index < -0.39 is 0 Å². The number of nitrogens with zero attached hydrogens (tertiary/aromatic N) is 4. The van der Waals surface area contributed by atoms with Crippen molar-refractivity contribution < 1.29 is 9.53 Å². The number of rotatable bonds is 4. The Kier molecular flexibility index (Phi) is 4.06. The van der Waals surface area contributed by atoms with Crippen LogP contribution in [0.3, 0.4) is 0 Å². The molecule has 4 rings (SSSR count). The molecule has 122 valence electrons. The first-order valence-electron chi connectivity index (χ1n) is 7.65. The normalized spacial score (nSPS) is 17.1. The zero-order chi connectivity index (χ0) is 16.4. The Balaban J connectivity index is 1.52. The van der Waals surface area contributed by atoms with E-state index in [0.717, 1.165) is 30.1 Å². The summed E-state index contributed by atoms with van der Waals surface area (Å²) < 4.78 is 7.32. The molecule has 1 aromatic carbocycles. The SMILES string of the molecule is O=C(Nc1nncn1-c1ccccc1)c1csc(C2CCCO2)n1. The monoisotopic (exact) mass is 341 g/mol. The number of carbonyl (C=O) groups is 1. The van der Waals surface area contributed by atoms with Crippen LogP contribution in [0.15, 0.2) is 42.0 Å². The number of carbonyl (C=O) groups excluding carboxylic acids is 1. The van der Waals surface area contributed by atoms with Gasteiger partial charge in [0.1, 0.15) is 23.1 Å². The highest BCUT2D eigenvalue weighted by atomic mass is 32.1. The fourth-order valence-corrected chi connectivity index (χ4v) is 3.46. The molecule has 8 heteroatoms. The van der Waals surface area contributed by atoms with Gasteiger partial charge in [0, 0.05) is 12.0 Å². The maximum absolute atomic E-state index is 12.4. The summed E-state index contributed by atoms with van der Waals surface area (Å²) in [5.74, 6) is 0.0542. The summed E-state index contributed by atoms with van der Waals surface area (Å²) in [7, 11) is 0. The molecule has 1 aliphatic rings. The molecular weight excluding hydrogens is 326 g/mol. The van der Waals surface area contributed by atoms with Gasteiger partial charge in [0.25, 0.3) is 5.91 Å². The second-order valence-corrected chi connectivity index (χ2v) is 6.28. The van der Waals surface area contributed by atoms with Gasteiger partial charge < -0.3 is 4.74 Å². The van der Waals surface area contributed by atoms with Crippen LogP contribution in [0.5, 0.6) is 0 Å². The Bertz CT molecular complexity index is 839. The maximum atomic E-state index is 12.4. The molecule has 0 spiro atoms. The molecule has 1 aliphatic heterocycles. The van der Waals surface area contributed by atoms with E-state index in [1.54, 1.807) is 16.3 Å². The van der Waals surface area contributed by atoms with Crippen LogP contribution in [0, 0.1) is 0 Å². The molecule has 1 saturated heterocycles. The highest BCUT2D eigenvalue weighted by molar-refractivity contribution is 7.09. The quantitative estimate of drug-likeness (QED) is 0.789. The molecule has 2 aromatic heterocycles. The maximum Gasteiger partial charge on any atom is 0.277 e. The Hall–Kier alpha value is -2.58. The molecule has 1 atom stereocenters. The van der Waals surface area contributed by atoms with Crippen LogP contribution >= 0.6 is 11.3 Å². The van der Waals surface area contributed by atoms with E-state index in [0.29, 0.717) is 11.6 Å². The minimum Gasteiger partial charge on any atom is -0.371 e. The van der Waals surface area contributed by atoms with Crippen molar-refractivity contribution in [3.05, 3.63) is 52.7 Å². The fourth-order valence-electron chi connectivity index (χ4n) is 2.58. The zero-order valence-corrected chi connectivity index (χ0v) is 13.6. The summed E-state index contributed by atoms with van der Waals surface area (Å²) in [6.45, 7) is 0.756. The summed E-state index contributed by atoms with van der Waals surface area (Å²) in [5, 5.41) is 13.2. The van der Waals surface area contributed by atoms with Crippen molar-refractivity contribution in [1.29, 1.82) is 0 Å². The average molecular weight is 341 g/mol. The van der Waals surface area contributed by atoms with Crippen molar-refractivity contribution in [3.63, 3.8) is 0 Å². The van der Waals surface area contributed by atoms with Crippen LogP contribution < -0.4 is 5.32 Å². The molecule has 1 unspecified atom stereocenters. The highest BCUT2D eigenvalue weighted by Gasteiger charge is 2.23. The Labute approximate surface area is 142 Å². The van der Waals surface area contributed by atoms with Crippen LogP contribution in [-0.2, 0) is 4.74 Å². The summed E-state index contributed by atoms with van der Waals surface area (Å²) in [4.78, 5) is 16.8. The lowest BCUT2D eigenvalue weighted by Crippen LogP contribution is -2.16. The lowest BCUT2D eigenvalue weighted by molar-refractivity contribution is 0.101. The first-order chi connectivity index (χ1) is 11.8. The van der Waals surface area contributed by atoms with Crippen molar-refractivity contribution in [2.45, 2.75) is 18.9 Å². The largest absolute Gasteiger partial charge is 0.371 e. The predicted octanol–water partition coefficient (Wildman–Crippen LogP) is 2.83. The van der Waals surface area contributed by atoms with Gasteiger partial charge in [-0.1, -0.05) is 18.2 Å². The third-order valence-electron chi connectivity index (χ3n) is 3.77. The average Bonchev–Trinajstić information content (AvgIpc) is 3.36. The number of para-hydroxylation sites is 1. The second kappa shape index (κ2) is 6.50. The Morgan fingerprint density at radius 1 is 1.33 bits per heavy atom. The van der Waals surface area contributed by atoms with Crippen molar-refractivity contribution in [2.75, 3.05) is 11.9 Å². The first kappa shape index (κ1) is 15.0. The lowest BCUT2D eigenvalue weighted by Gasteiger charge is -2.06. The van der Waals surface area contributed by atoms with E-state index in [4.69, 9.17) is 4.74 Å². The highest BCUT2D eigenvalue weighted by Crippen LogP contribution is 2.30. The number of hydrogen-bond donors (Lipinski definition) is 1. The summed E-state index contributed by atoms with van der Waals surface area (Å²) >= 11 is 1.45.